The molecule has 3 aromatic rings. The lowest BCUT2D eigenvalue weighted by molar-refractivity contribution is 0.0600. The average Bonchev–Trinajstić information content (AvgIpc) is 3.13. The maximum atomic E-state index is 13.6. The van der Waals surface area contributed by atoms with Crippen LogP contribution < -0.4 is 4.31 Å². The lowest BCUT2D eigenvalue weighted by Crippen LogP contribution is -2.29. The minimum atomic E-state index is -1.49. The number of esters is 1. The van der Waals surface area contributed by atoms with Gasteiger partial charge in [0.15, 0.2) is 11.0 Å². The third kappa shape index (κ3) is 4.58. The molecule has 2 aromatic carbocycles. The first kappa shape index (κ1) is 22.5. The van der Waals surface area contributed by atoms with Crippen molar-refractivity contribution < 1.29 is 18.8 Å². The number of aliphatic hydroxyl groups is 1. The largest absolute Gasteiger partial charge is 0.465 e. The van der Waals surface area contributed by atoms with Crippen LogP contribution in [0.15, 0.2) is 53.4 Å². The second-order valence-corrected chi connectivity index (χ2v) is 10.00. The molecular weight excluding hydrogens is 418 g/mol. The molecule has 5 nitrogen and oxygen atoms in total. The molecular formula is C23H27NO4S2. The van der Waals surface area contributed by atoms with E-state index in [9.17, 15) is 14.1 Å². The molecule has 30 heavy (non-hydrogen) atoms. The predicted octanol–water partition coefficient (Wildman–Crippen LogP) is 5.24. The molecule has 3 rings (SSSR count). The monoisotopic (exact) mass is 445 g/mol. The van der Waals surface area contributed by atoms with Crippen LogP contribution >= 0.6 is 11.3 Å². The normalized spacial score (nSPS) is 12.7. The van der Waals surface area contributed by atoms with E-state index in [1.165, 1.54) is 7.11 Å². The maximum absolute atomic E-state index is 13.6. The maximum Gasteiger partial charge on any atom is 0.337 e. The number of ether oxygens (including phenoxy) is 1. The Morgan fingerprint density at radius 1 is 1.17 bits per heavy atom. The van der Waals surface area contributed by atoms with E-state index in [0.29, 0.717) is 17.0 Å². The number of benzene rings is 2. The SMILES string of the molecule is CCCCN(c1sc2ccccc2c1C(C)(C)O)S(=O)c1ccc(C(=O)OC)cc1. The van der Waals surface area contributed by atoms with Crippen molar-refractivity contribution in [2.24, 2.45) is 0 Å². The Labute approximate surface area is 183 Å². The van der Waals surface area contributed by atoms with E-state index in [1.807, 2.05) is 28.6 Å². The molecule has 1 heterocycles. The highest BCUT2D eigenvalue weighted by atomic mass is 32.2. The Morgan fingerprint density at radius 3 is 2.43 bits per heavy atom. The van der Waals surface area contributed by atoms with Crippen LogP contribution in [0.3, 0.4) is 0 Å². The van der Waals surface area contributed by atoms with E-state index >= 15 is 0 Å². The number of thiophene rings is 1. The zero-order valence-electron chi connectivity index (χ0n) is 17.7. The minimum Gasteiger partial charge on any atom is -0.465 e. The summed E-state index contributed by atoms with van der Waals surface area (Å²) in [7, 11) is -0.155. The van der Waals surface area contributed by atoms with Crippen molar-refractivity contribution in [3.63, 3.8) is 0 Å². The van der Waals surface area contributed by atoms with Crippen molar-refractivity contribution in [3.8, 4) is 0 Å². The van der Waals surface area contributed by atoms with E-state index in [0.717, 1.165) is 33.5 Å². The van der Waals surface area contributed by atoms with Gasteiger partial charge in [0.2, 0.25) is 0 Å². The van der Waals surface area contributed by atoms with Crippen LogP contribution in [0.1, 0.15) is 49.5 Å². The summed E-state index contributed by atoms with van der Waals surface area (Å²) in [5.41, 5.74) is 0.120. The van der Waals surface area contributed by atoms with Gasteiger partial charge in [-0.05, 0) is 50.6 Å². The molecule has 160 valence electrons. The molecule has 0 aliphatic heterocycles. The van der Waals surface area contributed by atoms with E-state index in [1.54, 1.807) is 49.4 Å². The van der Waals surface area contributed by atoms with Crippen molar-refractivity contribution >= 4 is 43.4 Å². The second kappa shape index (κ2) is 9.29. The third-order valence-corrected chi connectivity index (χ3v) is 7.56. The molecule has 0 saturated carbocycles. The number of anilines is 1. The Hall–Kier alpha value is -2.22. The summed E-state index contributed by atoms with van der Waals surface area (Å²) < 4.78 is 21.3. The van der Waals surface area contributed by atoms with Gasteiger partial charge in [0.05, 0.1) is 23.2 Å². The van der Waals surface area contributed by atoms with Crippen LogP contribution in [-0.2, 0) is 21.3 Å². The number of nitrogens with zero attached hydrogens (tertiary/aromatic N) is 1. The fourth-order valence-corrected chi connectivity index (χ4v) is 6.08. The lowest BCUT2D eigenvalue weighted by atomic mass is 9.97. The summed E-state index contributed by atoms with van der Waals surface area (Å²) >= 11 is 1.54. The number of fused-ring (bicyclic) bond motifs is 1. The average molecular weight is 446 g/mol. The summed E-state index contributed by atoms with van der Waals surface area (Å²) in [5.74, 6) is -0.427. The molecule has 1 N–H and O–H groups in total. The number of rotatable bonds is 8. The molecule has 0 fully saturated rings. The van der Waals surface area contributed by atoms with Crippen molar-refractivity contribution in [3.05, 3.63) is 59.7 Å². The standard InChI is InChI=1S/C23H27NO4S2/c1-5-6-15-24(30(27)17-13-11-16(12-14-17)22(25)28-4)21-20(23(2,3)26)18-9-7-8-10-19(18)29-21/h7-14,26H,5-6,15H2,1-4H3. The molecule has 1 atom stereocenters. The van der Waals surface area contributed by atoms with Crippen LogP contribution in [0.2, 0.25) is 0 Å². The number of carbonyl (C=O) groups is 1. The summed E-state index contributed by atoms with van der Waals surface area (Å²) in [4.78, 5) is 12.3. The van der Waals surface area contributed by atoms with Gasteiger partial charge in [0, 0.05) is 22.2 Å². The quantitative estimate of drug-likeness (QED) is 0.481. The molecule has 0 amide bonds. The minimum absolute atomic E-state index is 0.414. The highest BCUT2D eigenvalue weighted by Gasteiger charge is 2.30. The van der Waals surface area contributed by atoms with Crippen LogP contribution in [0.25, 0.3) is 10.1 Å². The first-order chi connectivity index (χ1) is 14.3. The van der Waals surface area contributed by atoms with Crippen molar-refractivity contribution in [2.75, 3.05) is 18.0 Å². The van der Waals surface area contributed by atoms with Gasteiger partial charge in [-0.2, -0.15) is 0 Å². The number of hydrogen-bond acceptors (Lipinski definition) is 5. The zero-order chi connectivity index (χ0) is 21.9. The van der Waals surface area contributed by atoms with Gasteiger partial charge in [-0.1, -0.05) is 31.5 Å². The summed E-state index contributed by atoms with van der Waals surface area (Å²) in [6.45, 7) is 6.21. The number of unbranched alkanes of at least 4 members (excludes halogenated alkanes) is 1. The van der Waals surface area contributed by atoms with Gasteiger partial charge < -0.3 is 9.84 Å². The van der Waals surface area contributed by atoms with Gasteiger partial charge in [0.1, 0.15) is 5.00 Å². The number of carbonyl (C=O) groups excluding carboxylic acids is 1. The molecule has 0 aliphatic carbocycles. The predicted molar refractivity (Wildman–Crippen MR) is 124 cm³/mol. The van der Waals surface area contributed by atoms with Crippen LogP contribution in [-0.4, -0.2) is 28.9 Å². The Bertz CT molecular complexity index is 1050. The first-order valence-corrected chi connectivity index (χ1v) is 11.8. The van der Waals surface area contributed by atoms with Gasteiger partial charge in [0.25, 0.3) is 0 Å². The smallest absolute Gasteiger partial charge is 0.337 e. The summed E-state index contributed by atoms with van der Waals surface area (Å²) in [5, 5.41) is 12.7. The van der Waals surface area contributed by atoms with E-state index in [-0.39, 0.29) is 0 Å². The fourth-order valence-electron chi connectivity index (χ4n) is 3.31. The van der Waals surface area contributed by atoms with Crippen molar-refractivity contribution in [2.45, 2.75) is 44.1 Å². The zero-order valence-corrected chi connectivity index (χ0v) is 19.3. The lowest BCUT2D eigenvalue weighted by Gasteiger charge is -2.27. The molecule has 7 heteroatoms. The molecule has 0 spiro atoms. The van der Waals surface area contributed by atoms with E-state index in [4.69, 9.17) is 4.74 Å². The van der Waals surface area contributed by atoms with Crippen molar-refractivity contribution in [1.29, 1.82) is 0 Å². The fraction of sp³-hybridized carbons (Fsp3) is 0.348. The third-order valence-electron chi connectivity index (χ3n) is 4.81. The molecule has 0 radical (unpaired) electrons. The first-order valence-electron chi connectivity index (χ1n) is 9.90. The molecule has 1 aromatic heterocycles. The Kier molecular flexibility index (Phi) is 6.95. The Balaban J connectivity index is 2.09. The Morgan fingerprint density at radius 2 is 1.83 bits per heavy atom. The van der Waals surface area contributed by atoms with Gasteiger partial charge in [-0.15, -0.1) is 11.3 Å². The van der Waals surface area contributed by atoms with E-state index < -0.39 is 22.6 Å². The summed E-state index contributed by atoms with van der Waals surface area (Å²) in [6.07, 6.45) is 1.82. The molecule has 0 saturated heterocycles. The number of methoxy groups -OCH3 is 1. The molecule has 1 unspecified atom stereocenters. The molecule has 0 bridgehead atoms. The summed E-state index contributed by atoms with van der Waals surface area (Å²) in [6, 6.07) is 14.6. The molecule has 0 aliphatic rings. The number of hydrogen-bond donors (Lipinski definition) is 1. The van der Waals surface area contributed by atoms with Gasteiger partial charge in [-0.25, -0.2) is 9.00 Å². The van der Waals surface area contributed by atoms with Crippen LogP contribution in [0.4, 0.5) is 5.00 Å². The second-order valence-electron chi connectivity index (χ2n) is 7.56. The highest BCUT2D eigenvalue weighted by molar-refractivity contribution is 7.86. The van der Waals surface area contributed by atoms with E-state index in [2.05, 4.69) is 6.92 Å². The highest BCUT2D eigenvalue weighted by Crippen LogP contribution is 2.44. The van der Waals surface area contributed by atoms with Crippen LogP contribution in [0, 0.1) is 0 Å². The van der Waals surface area contributed by atoms with Gasteiger partial charge in [-0.3, -0.25) is 4.31 Å². The van der Waals surface area contributed by atoms with Gasteiger partial charge >= 0.3 is 5.97 Å². The van der Waals surface area contributed by atoms with Crippen LogP contribution in [0.5, 0.6) is 0 Å². The topological polar surface area (TPSA) is 66.8 Å². The van der Waals surface area contributed by atoms with Crippen molar-refractivity contribution in [1.82, 2.24) is 0 Å².